The van der Waals surface area contributed by atoms with Crippen molar-refractivity contribution in [1.29, 1.82) is 0 Å². The number of nitrogens with one attached hydrogen (secondary N) is 1. The van der Waals surface area contributed by atoms with E-state index in [1.54, 1.807) is 39.9 Å². The molecule has 0 unspecified atom stereocenters. The second-order valence-corrected chi connectivity index (χ2v) is 9.18. The predicted octanol–water partition coefficient (Wildman–Crippen LogP) is 2.50. The maximum absolute atomic E-state index is 14.4. The number of pyridine rings is 1. The molecule has 1 aliphatic heterocycles. The molecule has 38 heavy (non-hydrogen) atoms. The quantitative estimate of drug-likeness (QED) is 0.258. The topological polar surface area (TPSA) is 149 Å². The van der Waals surface area contributed by atoms with Crippen LogP contribution >= 0.6 is 11.6 Å². The van der Waals surface area contributed by atoms with Crippen LogP contribution in [0.4, 0.5) is 10.2 Å². The zero-order valence-corrected chi connectivity index (χ0v) is 20.7. The van der Waals surface area contributed by atoms with Crippen LogP contribution < -0.4 is 11.1 Å². The summed E-state index contributed by atoms with van der Waals surface area (Å²) in [6, 6.07) is 9.50. The van der Waals surface area contributed by atoms with E-state index in [0.29, 0.717) is 34.9 Å². The van der Waals surface area contributed by atoms with E-state index in [1.807, 2.05) is 6.07 Å². The molecule has 194 valence electrons. The highest BCUT2D eigenvalue weighted by atomic mass is 35.5. The van der Waals surface area contributed by atoms with Crippen molar-refractivity contribution in [3.05, 3.63) is 65.5 Å². The fraction of sp³-hybridized carbons (Fsp3) is 0.240. The van der Waals surface area contributed by atoms with Gasteiger partial charge in [-0.15, -0.1) is 0 Å². The normalized spacial score (nSPS) is 17.5. The molecule has 0 radical (unpaired) electrons. The number of halogens is 2. The van der Waals surface area contributed by atoms with Gasteiger partial charge in [0.25, 0.3) is 5.91 Å². The smallest absolute Gasteiger partial charge is 0.269 e. The first-order valence-electron chi connectivity index (χ1n) is 11.7. The van der Waals surface area contributed by atoms with Crippen molar-refractivity contribution in [2.45, 2.75) is 25.2 Å². The monoisotopic (exact) mass is 536 g/mol. The Morgan fingerprint density at radius 3 is 2.66 bits per heavy atom. The number of nitrogens with two attached hydrogens (primary N) is 1. The summed E-state index contributed by atoms with van der Waals surface area (Å²) in [7, 11) is 0. The SMILES string of the molecule is NC(=O)c1nn(CCN2C[C@H](F)C[C@H]2C(=O)Nc2cccc(Cl)n2)c2ccc(-c3cnc(C=O)nc3)cc12. The highest BCUT2D eigenvalue weighted by molar-refractivity contribution is 6.29. The van der Waals surface area contributed by atoms with Crippen LogP contribution in [0.3, 0.4) is 0 Å². The Hall–Kier alpha value is -4.29. The molecule has 4 aromatic rings. The summed E-state index contributed by atoms with van der Waals surface area (Å²) < 4.78 is 16.0. The van der Waals surface area contributed by atoms with E-state index in [9.17, 15) is 18.8 Å². The molecule has 4 heterocycles. The van der Waals surface area contributed by atoms with Gasteiger partial charge in [0.1, 0.15) is 17.1 Å². The van der Waals surface area contributed by atoms with E-state index >= 15 is 0 Å². The van der Waals surface area contributed by atoms with Crippen LogP contribution in [0.15, 0.2) is 48.8 Å². The summed E-state index contributed by atoms with van der Waals surface area (Å²) in [5.74, 6) is -0.727. The minimum Gasteiger partial charge on any atom is -0.364 e. The van der Waals surface area contributed by atoms with Crippen LogP contribution in [0.2, 0.25) is 5.15 Å². The van der Waals surface area contributed by atoms with Gasteiger partial charge in [-0.25, -0.2) is 19.3 Å². The van der Waals surface area contributed by atoms with Crippen molar-refractivity contribution in [1.82, 2.24) is 29.6 Å². The first-order chi connectivity index (χ1) is 18.3. The van der Waals surface area contributed by atoms with Crippen molar-refractivity contribution in [3.63, 3.8) is 0 Å². The van der Waals surface area contributed by atoms with Gasteiger partial charge >= 0.3 is 0 Å². The van der Waals surface area contributed by atoms with Gasteiger partial charge in [0.05, 0.1) is 18.1 Å². The fourth-order valence-electron chi connectivity index (χ4n) is 4.54. The molecule has 5 rings (SSSR count). The van der Waals surface area contributed by atoms with Gasteiger partial charge in [-0.1, -0.05) is 23.7 Å². The van der Waals surface area contributed by atoms with E-state index in [0.717, 1.165) is 0 Å². The number of fused-ring (bicyclic) bond motifs is 1. The Kier molecular flexibility index (Phi) is 7.07. The Morgan fingerprint density at radius 2 is 1.95 bits per heavy atom. The molecule has 1 fully saturated rings. The summed E-state index contributed by atoms with van der Waals surface area (Å²) in [5.41, 5.74) is 7.68. The predicted molar refractivity (Wildman–Crippen MR) is 137 cm³/mol. The molecule has 1 saturated heterocycles. The maximum Gasteiger partial charge on any atom is 0.269 e. The number of carbonyl (C=O) groups excluding carboxylic acids is 3. The van der Waals surface area contributed by atoms with E-state index < -0.39 is 18.1 Å². The van der Waals surface area contributed by atoms with Gasteiger partial charge in [0, 0.05) is 42.9 Å². The molecular formula is C25H22ClFN8O3. The molecule has 3 N–H and O–H groups in total. The summed E-state index contributed by atoms with van der Waals surface area (Å²) in [4.78, 5) is 49.6. The van der Waals surface area contributed by atoms with Crippen molar-refractivity contribution in [2.75, 3.05) is 18.4 Å². The number of aromatic nitrogens is 5. The van der Waals surface area contributed by atoms with E-state index in [4.69, 9.17) is 17.3 Å². The highest BCUT2D eigenvalue weighted by Crippen LogP contribution is 2.27. The van der Waals surface area contributed by atoms with Crippen LogP contribution in [-0.4, -0.2) is 73.0 Å². The summed E-state index contributed by atoms with van der Waals surface area (Å²) in [5, 5.41) is 7.86. The molecule has 1 aromatic carbocycles. The fourth-order valence-corrected chi connectivity index (χ4v) is 4.70. The van der Waals surface area contributed by atoms with Gasteiger partial charge in [0.15, 0.2) is 17.8 Å². The molecule has 0 bridgehead atoms. The van der Waals surface area contributed by atoms with Crippen LogP contribution in [0.25, 0.3) is 22.0 Å². The number of hydrogen-bond acceptors (Lipinski definition) is 8. The van der Waals surface area contributed by atoms with Crippen LogP contribution in [0.1, 0.15) is 27.5 Å². The summed E-state index contributed by atoms with van der Waals surface area (Å²) in [6.45, 7) is 0.676. The molecule has 0 spiro atoms. The highest BCUT2D eigenvalue weighted by Gasteiger charge is 2.37. The lowest BCUT2D eigenvalue weighted by Gasteiger charge is -2.23. The van der Waals surface area contributed by atoms with Gasteiger partial charge in [0.2, 0.25) is 5.91 Å². The standard InChI is InChI=1S/C25H22ClFN8O3/c26-20-2-1-3-21(31-20)32-25(38)19-9-16(27)12-34(19)6-7-35-18-5-4-14(8-17(18)23(33-35)24(28)37)15-10-29-22(13-36)30-11-15/h1-5,8,10-11,13,16,19H,6-7,9,12H2,(H2,28,37)(H,31,32,38)/t16-,19+/m1/s1. The van der Waals surface area contributed by atoms with Crippen LogP contribution in [0, 0.1) is 0 Å². The second-order valence-electron chi connectivity index (χ2n) is 8.79. The molecule has 0 saturated carbocycles. The number of aldehydes is 1. The molecule has 11 nitrogen and oxygen atoms in total. The van der Waals surface area contributed by atoms with E-state index in [1.165, 1.54) is 12.4 Å². The van der Waals surface area contributed by atoms with Gasteiger partial charge in [-0.3, -0.25) is 24.0 Å². The Morgan fingerprint density at radius 1 is 1.16 bits per heavy atom. The molecule has 0 aliphatic carbocycles. The maximum atomic E-state index is 14.4. The number of anilines is 1. The van der Waals surface area contributed by atoms with Gasteiger partial charge < -0.3 is 11.1 Å². The van der Waals surface area contributed by atoms with Crippen molar-refractivity contribution in [2.24, 2.45) is 5.73 Å². The van der Waals surface area contributed by atoms with Crippen LogP contribution in [0.5, 0.6) is 0 Å². The largest absolute Gasteiger partial charge is 0.364 e. The Labute approximate surface area is 220 Å². The van der Waals surface area contributed by atoms with E-state index in [-0.39, 0.29) is 47.9 Å². The average Bonchev–Trinajstić information content (AvgIpc) is 3.47. The number of nitrogens with zero attached hydrogens (tertiary/aromatic N) is 6. The third-order valence-corrected chi connectivity index (χ3v) is 6.53. The number of likely N-dealkylation sites (tertiary alicyclic amines) is 1. The molecule has 3 aromatic heterocycles. The number of primary amides is 1. The van der Waals surface area contributed by atoms with Crippen molar-refractivity contribution < 1.29 is 18.8 Å². The minimum absolute atomic E-state index is 0.0487. The van der Waals surface area contributed by atoms with Crippen molar-refractivity contribution in [3.8, 4) is 11.1 Å². The zero-order valence-electron chi connectivity index (χ0n) is 19.9. The van der Waals surface area contributed by atoms with Crippen LogP contribution in [-0.2, 0) is 11.3 Å². The number of carbonyl (C=O) groups is 3. The van der Waals surface area contributed by atoms with Gasteiger partial charge in [-0.2, -0.15) is 5.10 Å². The second kappa shape index (κ2) is 10.6. The number of amides is 2. The third kappa shape index (κ3) is 5.22. The summed E-state index contributed by atoms with van der Waals surface area (Å²) >= 11 is 5.89. The van der Waals surface area contributed by atoms with E-state index in [2.05, 4.69) is 25.4 Å². The Balaban J connectivity index is 1.36. The first kappa shape index (κ1) is 25.4. The van der Waals surface area contributed by atoms with Gasteiger partial charge in [-0.05, 0) is 29.8 Å². The lowest BCUT2D eigenvalue weighted by molar-refractivity contribution is -0.120. The number of rotatable bonds is 8. The number of benzene rings is 1. The third-order valence-electron chi connectivity index (χ3n) is 6.31. The number of alkyl halides is 1. The molecular weight excluding hydrogens is 515 g/mol. The molecule has 1 aliphatic rings. The molecule has 2 amide bonds. The van der Waals surface area contributed by atoms with Crippen molar-refractivity contribution >= 4 is 46.4 Å². The Bertz CT molecular complexity index is 1530. The molecule has 2 atom stereocenters. The lowest BCUT2D eigenvalue weighted by atomic mass is 10.1. The zero-order chi connectivity index (χ0) is 26.8. The minimum atomic E-state index is -1.16. The molecule has 13 heteroatoms. The summed E-state index contributed by atoms with van der Waals surface area (Å²) in [6.07, 6.45) is 2.46. The lowest BCUT2D eigenvalue weighted by Crippen LogP contribution is -2.41. The number of hydrogen-bond donors (Lipinski definition) is 2. The first-order valence-corrected chi connectivity index (χ1v) is 12.1. The average molecular weight is 537 g/mol.